The van der Waals surface area contributed by atoms with E-state index >= 15 is 0 Å². The number of carbonyl (C=O) groups excluding carboxylic acids is 1. The zero-order valence-electron chi connectivity index (χ0n) is 13.0. The molecule has 0 saturated heterocycles. The number of aliphatic hydroxyl groups is 2. The summed E-state index contributed by atoms with van der Waals surface area (Å²) in [5, 5.41) is 22.1. The fourth-order valence-corrected chi connectivity index (χ4v) is 2.12. The average molecular weight is 349 g/mol. The van der Waals surface area contributed by atoms with E-state index in [4.69, 9.17) is 4.74 Å². The summed E-state index contributed by atoms with van der Waals surface area (Å²) in [6, 6.07) is 4.30. The van der Waals surface area contributed by atoms with E-state index < -0.39 is 39.0 Å². The quantitative estimate of drug-likeness (QED) is 0.690. The molecule has 0 spiro atoms. The normalized spacial score (nSPS) is 14.9. The number of ether oxygens (including phenoxy) is 1. The number of rotatable bonds is 5. The molecular weight excluding hydrogens is 329 g/mol. The first-order valence-electron chi connectivity index (χ1n) is 6.78. The largest absolute Gasteiger partial charge is 0.444 e. The number of alkyl carbamates (subject to hydrolysis) is 1. The van der Waals surface area contributed by atoms with Crippen LogP contribution in [0.4, 0.5) is 8.68 Å². The highest BCUT2D eigenvalue weighted by molar-refractivity contribution is 7.86. The van der Waals surface area contributed by atoms with Crippen molar-refractivity contribution in [2.75, 3.05) is 6.54 Å². The Morgan fingerprint density at radius 3 is 2.22 bits per heavy atom. The zero-order chi connectivity index (χ0) is 17.8. The first-order chi connectivity index (χ1) is 10.4. The van der Waals surface area contributed by atoms with E-state index in [1.807, 2.05) is 0 Å². The second-order valence-electron chi connectivity index (χ2n) is 5.90. The van der Waals surface area contributed by atoms with Crippen molar-refractivity contribution in [3.8, 4) is 0 Å². The Morgan fingerprint density at radius 2 is 1.78 bits per heavy atom. The van der Waals surface area contributed by atoms with E-state index in [2.05, 4.69) is 5.32 Å². The third-order valence-electron chi connectivity index (χ3n) is 2.72. The molecule has 0 saturated carbocycles. The molecule has 0 aromatic heterocycles. The van der Waals surface area contributed by atoms with Gasteiger partial charge in [-0.2, -0.15) is 8.42 Å². The number of aliphatic hydroxyl groups excluding tert-OH is 2. The van der Waals surface area contributed by atoms with Crippen molar-refractivity contribution in [1.82, 2.24) is 5.32 Å². The Labute approximate surface area is 134 Å². The molecule has 130 valence electrons. The molecule has 1 aromatic carbocycles. The lowest BCUT2D eigenvalue weighted by Gasteiger charge is -2.22. The highest BCUT2D eigenvalue weighted by Crippen LogP contribution is 2.20. The number of carbonyl (C=O) groups is 1. The van der Waals surface area contributed by atoms with Crippen molar-refractivity contribution < 1.29 is 32.0 Å². The van der Waals surface area contributed by atoms with Gasteiger partial charge in [-0.05, 0) is 38.5 Å². The molecule has 3 N–H and O–H groups in total. The van der Waals surface area contributed by atoms with Gasteiger partial charge in [-0.25, -0.2) is 4.79 Å². The smallest absolute Gasteiger partial charge is 0.407 e. The van der Waals surface area contributed by atoms with Gasteiger partial charge in [-0.1, -0.05) is 12.1 Å². The van der Waals surface area contributed by atoms with Gasteiger partial charge in [0.2, 0.25) is 0 Å². The van der Waals surface area contributed by atoms with Crippen LogP contribution in [0.15, 0.2) is 29.2 Å². The Morgan fingerprint density at radius 1 is 1.26 bits per heavy atom. The number of nitrogens with one attached hydrogen (secondary N) is 1. The van der Waals surface area contributed by atoms with Crippen LogP contribution in [0.5, 0.6) is 0 Å². The molecule has 9 heteroatoms. The van der Waals surface area contributed by atoms with Crippen molar-refractivity contribution in [2.24, 2.45) is 0 Å². The van der Waals surface area contributed by atoms with Gasteiger partial charge in [-0.15, -0.1) is 3.89 Å². The number of hydrogen-bond donors (Lipinski definition) is 3. The second kappa shape index (κ2) is 7.24. The highest BCUT2D eigenvalue weighted by atomic mass is 32.3. The van der Waals surface area contributed by atoms with E-state index in [9.17, 15) is 27.3 Å². The molecule has 1 aromatic rings. The molecule has 1 amide bonds. The van der Waals surface area contributed by atoms with Crippen LogP contribution in [0.1, 0.15) is 32.4 Å². The topological polar surface area (TPSA) is 113 Å². The number of hydrogen-bond acceptors (Lipinski definition) is 6. The van der Waals surface area contributed by atoms with Gasteiger partial charge < -0.3 is 20.3 Å². The minimum absolute atomic E-state index is 0.177. The van der Waals surface area contributed by atoms with Crippen LogP contribution in [0.3, 0.4) is 0 Å². The van der Waals surface area contributed by atoms with Crippen LogP contribution >= 0.6 is 0 Å². The Bertz CT molecular complexity index is 638. The minimum Gasteiger partial charge on any atom is -0.444 e. The third kappa shape index (κ3) is 6.51. The molecule has 7 nitrogen and oxygen atoms in total. The van der Waals surface area contributed by atoms with Gasteiger partial charge in [0.1, 0.15) is 17.8 Å². The molecule has 0 heterocycles. The maximum Gasteiger partial charge on any atom is 0.407 e. The van der Waals surface area contributed by atoms with Crippen molar-refractivity contribution in [3.05, 3.63) is 29.8 Å². The van der Waals surface area contributed by atoms with Crippen molar-refractivity contribution >= 4 is 16.3 Å². The van der Waals surface area contributed by atoms with Crippen LogP contribution in [0.2, 0.25) is 0 Å². The molecule has 0 aliphatic carbocycles. The van der Waals surface area contributed by atoms with Crippen LogP contribution in [-0.2, 0) is 15.0 Å². The van der Waals surface area contributed by atoms with Crippen molar-refractivity contribution in [2.45, 2.75) is 43.5 Å². The molecule has 23 heavy (non-hydrogen) atoms. The van der Waals surface area contributed by atoms with Crippen molar-refractivity contribution in [1.29, 1.82) is 0 Å². The van der Waals surface area contributed by atoms with E-state index in [0.29, 0.717) is 0 Å². The third-order valence-corrected chi connectivity index (χ3v) is 3.56. The Balaban J connectivity index is 2.63. The first kappa shape index (κ1) is 19.3. The zero-order valence-corrected chi connectivity index (χ0v) is 13.8. The summed E-state index contributed by atoms with van der Waals surface area (Å²) in [6.07, 6.45) is -3.49. The lowest BCUT2D eigenvalue weighted by Crippen LogP contribution is -2.38. The highest BCUT2D eigenvalue weighted by Gasteiger charge is 2.22. The molecular formula is C14H20FNO6S. The number of amides is 1. The monoisotopic (exact) mass is 349 g/mol. The summed E-state index contributed by atoms with van der Waals surface area (Å²) in [7, 11) is -4.82. The fraction of sp³-hybridized carbons (Fsp3) is 0.500. The standard InChI is InChI=1S/C14H20FNO6S/c1-14(2,3)22-13(19)16-8-11(17)12(18)9-4-6-10(7-5-9)23(15,20)21/h4-7,11-12,17-18H,8H2,1-3H3,(H,16,19). The lowest BCUT2D eigenvalue weighted by molar-refractivity contribution is 0.0129. The number of halogens is 1. The molecule has 1 rings (SSSR count). The van der Waals surface area contributed by atoms with E-state index in [1.54, 1.807) is 20.8 Å². The predicted octanol–water partition coefficient (Wildman–Crippen LogP) is 1.26. The minimum atomic E-state index is -4.82. The summed E-state index contributed by atoms with van der Waals surface area (Å²) >= 11 is 0. The predicted molar refractivity (Wildman–Crippen MR) is 79.9 cm³/mol. The van der Waals surface area contributed by atoms with Gasteiger partial charge in [-0.3, -0.25) is 0 Å². The van der Waals surface area contributed by atoms with E-state index in [1.165, 1.54) is 12.1 Å². The maximum absolute atomic E-state index is 12.8. The molecule has 0 fully saturated rings. The summed E-state index contributed by atoms with van der Waals surface area (Å²) in [6.45, 7) is 4.76. The van der Waals surface area contributed by atoms with Gasteiger partial charge in [0.15, 0.2) is 0 Å². The summed E-state index contributed by atoms with van der Waals surface area (Å²) in [4.78, 5) is 10.9. The SMILES string of the molecule is CC(C)(C)OC(=O)NCC(O)C(O)c1ccc(S(=O)(=O)F)cc1. The van der Waals surface area contributed by atoms with Gasteiger partial charge >= 0.3 is 16.3 Å². The van der Waals surface area contributed by atoms with Gasteiger partial charge in [0.25, 0.3) is 0 Å². The molecule has 0 aliphatic heterocycles. The molecule has 2 unspecified atom stereocenters. The molecule has 0 radical (unpaired) electrons. The van der Waals surface area contributed by atoms with Crippen molar-refractivity contribution in [3.63, 3.8) is 0 Å². The Hall–Kier alpha value is -1.71. The second-order valence-corrected chi connectivity index (χ2v) is 7.25. The summed E-state index contributed by atoms with van der Waals surface area (Å²) < 4.78 is 39.1. The summed E-state index contributed by atoms with van der Waals surface area (Å²) in [5.74, 6) is 0. The van der Waals surface area contributed by atoms with Crippen LogP contribution in [0, 0.1) is 0 Å². The fourth-order valence-electron chi connectivity index (χ4n) is 1.66. The average Bonchev–Trinajstić information content (AvgIpc) is 2.41. The molecule has 2 atom stereocenters. The van der Waals surface area contributed by atoms with E-state index in [0.717, 1.165) is 12.1 Å². The lowest BCUT2D eigenvalue weighted by atomic mass is 10.0. The summed E-state index contributed by atoms with van der Waals surface area (Å²) in [5.41, 5.74) is -0.516. The van der Waals surface area contributed by atoms with Crippen LogP contribution < -0.4 is 5.32 Å². The van der Waals surface area contributed by atoms with Crippen LogP contribution in [-0.4, -0.2) is 43.0 Å². The first-order valence-corrected chi connectivity index (χ1v) is 8.16. The Kier molecular flexibility index (Phi) is 6.09. The maximum atomic E-state index is 12.8. The van der Waals surface area contributed by atoms with Gasteiger partial charge in [0, 0.05) is 6.54 Å². The molecule has 0 aliphatic rings. The van der Waals surface area contributed by atoms with Crippen LogP contribution in [0.25, 0.3) is 0 Å². The van der Waals surface area contributed by atoms with E-state index in [-0.39, 0.29) is 12.1 Å². The van der Waals surface area contributed by atoms with Gasteiger partial charge in [0.05, 0.1) is 4.90 Å². The molecule has 0 bridgehead atoms. The number of benzene rings is 1.